The van der Waals surface area contributed by atoms with Crippen molar-refractivity contribution in [3.8, 4) is 0 Å². The van der Waals surface area contributed by atoms with Gasteiger partial charge in [0, 0.05) is 31.2 Å². The Morgan fingerprint density at radius 2 is 1.96 bits per heavy atom. The lowest BCUT2D eigenvalue weighted by Crippen LogP contribution is -2.30. The second kappa shape index (κ2) is 9.67. The maximum atomic E-state index is 12.5. The van der Waals surface area contributed by atoms with Crippen molar-refractivity contribution in [1.82, 2.24) is 5.32 Å². The summed E-state index contributed by atoms with van der Waals surface area (Å²) >= 11 is 1.70. The number of carbonyl (C=O) groups excluding carboxylic acids is 1. The van der Waals surface area contributed by atoms with Crippen molar-refractivity contribution in [3.05, 3.63) is 41.1 Å². The number of ether oxygens (including phenoxy) is 1. The Morgan fingerprint density at radius 3 is 2.54 bits per heavy atom. The monoisotopic (exact) mass is 375 g/mol. The minimum Gasteiger partial charge on any atom is -0.463 e. The highest BCUT2D eigenvalue weighted by atomic mass is 32.2. The largest absolute Gasteiger partial charge is 0.463 e. The summed E-state index contributed by atoms with van der Waals surface area (Å²) < 4.78 is 5.28. The summed E-state index contributed by atoms with van der Waals surface area (Å²) in [5.74, 6) is 0.706. The van der Waals surface area contributed by atoms with E-state index in [0.29, 0.717) is 12.2 Å². The predicted molar refractivity (Wildman–Crippen MR) is 111 cm³/mol. The minimum atomic E-state index is -0.337. The van der Waals surface area contributed by atoms with Crippen molar-refractivity contribution in [2.45, 2.75) is 39.7 Å². The normalized spacial score (nSPS) is 16.8. The smallest absolute Gasteiger partial charge is 0.338 e. The highest BCUT2D eigenvalue weighted by Gasteiger charge is 2.30. The maximum absolute atomic E-state index is 12.5. The number of amidine groups is 1. The van der Waals surface area contributed by atoms with E-state index < -0.39 is 0 Å². The number of benzene rings is 1. The average Bonchev–Trinajstić information content (AvgIpc) is 2.61. The fraction of sp³-hybridized carbons (Fsp3) is 0.500. The van der Waals surface area contributed by atoms with E-state index in [1.54, 1.807) is 11.8 Å². The molecule has 0 unspecified atom stereocenters. The number of hydrogen-bond donors (Lipinski definition) is 1. The molecule has 0 saturated heterocycles. The van der Waals surface area contributed by atoms with Crippen molar-refractivity contribution in [2.75, 3.05) is 31.4 Å². The average molecular weight is 376 g/mol. The topological polar surface area (TPSA) is 53.9 Å². The van der Waals surface area contributed by atoms with E-state index in [4.69, 9.17) is 9.73 Å². The van der Waals surface area contributed by atoms with E-state index in [-0.39, 0.29) is 12.0 Å². The molecule has 1 atom stereocenters. The molecule has 0 radical (unpaired) electrons. The first-order chi connectivity index (χ1) is 12.5. The third-order valence-electron chi connectivity index (χ3n) is 4.18. The number of hydrogen-bond acceptors (Lipinski definition) is 6. The van der Waals surface area contributed by atoms with Crippen LogP contribution in [0, 0.1) is 0 Å². The predicted octanol–water partition coefficient (Wildman–Crippen LogP) is 4.12. The van der Waals surface area contributed by atoms with Gasteiger partial charge in [-0.3, -0.25) is 0 Å². The molecule has 0 aliphatic carbocycles. The van der Waals surface area contributed by atoms with Crippen LogP contribution in [0.1, 0.15) is 45.2 Å². The lowest BCUT2D eigenvalue weighted by Gasteiger charge is -2.26. The number of rotatable bonds is 7. The van der Waals surface area contributed by atoms with Crippen LogP contribution in [0.25, 0.3) is 0 Å². The molecule has 26 heavy (non-hydrogen) atoms. The van der Waals surface area contributed by atoms with Crippen LogP contribution in [0.5, 0.6) is 0 Å². The van der Waals surface area contributed by atoms with Gasteiger partial charge in [-0.2, -0.15) is 0 Å². The van der Waals surface area contributed by atoms with Gasteiger partial charge in [-0.05, 0) is 38.0 Å². The van der Waals surface area contributed by atoms with Gasteiger partial charge in [-0.25, -0.2) is 9.79 Å². The number of carbonyl (C=O) groups is 1. The molecule has 2 rings (SSSR count). The van der Waals surface area contributed by atoms with Gasteiger partial charge in [0.25, 0.3) is 0 Å². The number of aliphatic imine (C=N–C) groups is 1. The Hall–Kier alpha value is -1.95. The third-order valence-corrected chi connectivity index (χ3v) is 5.15. The highest BCUT2D eigenvalue weighted by Crippen LogP contribution is 2.33. The van der Waals surface area contributed by atoms with Gasteiger partial charge < -0.3 is 15.0 Å². The molecule has 0 spiro atoms. The van der Waals surface area contributed by atoms with E-state index in [1.807, 2.05) is 40.1 Å². The summed E-state index contributed by atoms with van der Waals surface area (Å²) in [7, 11) is 4.02. The zero-order valence-electron chi connectivity index (χ0n) is 16.3. The molecule has 0 fully saturated rings. The van der Waals surface area contributed by atoms with Crippen molar-refractivity contribution < 1.29 is 9.53 Å². The Balaban J connectivity index is 2.34. The minimum absolute atomic E-state index is 0.305. The fourth-order valence-electron chi connectivity index (χ4n) is 2.70. The van der Waals surface area contributed by atoms with Crippen molar-refractivity contribution in [2.24, 2.45) is 4.99 Å². The molecule has 1 aromatic rings. The van der Waals surface area contributed by atoms with Gasteiger partial charge in [-0.1, -0.05) is 37.2 Å². The zero-order valence-corrected chi connectivity index (χ0v) is 17.2. The van der Waals surface area contributed by atoms with E-state index in [1.165, 1.54) is 0 Å². The van der Waals surface area contributed by atoms with E-state index in [2.05, 4.69) is 29.3 Å². The first-order valence-electron chi connectivity index (χ1n) is 9.10. The molecule has 1 aromatic carbocycles. The Labute approximate surface area is 160 Å². The van der Waals surface area contributed by atoms with Gasteiger partial charge in [0.05, 0.1) is 12.2 Å². The first-order valence-corrected chi connectivity index (χ1v) is 10.1. The number of anilines is 1. The van der Waals surface area contributed by atoms with Gasteiger partial charge >= 0.3 is 5.97 Å². The number of nitrogens with zero attached hydrogens (tertiary/aromatic N) is 2. The molecule has 0 amide bonds. The van der Waals surface area contributed by atoms with Crippen molar-refractivity contribution in [3.63, 3.8) is 0 Å². The number of unbranched alkanes of at least 4 members (excludes halogenated alkanes) is 1. The summed E-state index contributed by atoms with van der Waals surface area (Å²) in [6.07, 6.45) is 2.29. The van der Waals surface area contributed by atoms with Crippen LogP contribution in [0.3, 0.4) is 0 Å². The van der Waals surface area contributed by atoms with Crippen LogP contribution in [0.4, 0.5) is 5.69 Å². The molecule has 0 saturated carbocycles. The summed E-state index contributed by atoms with van der Waals surface area (Å²) in [5.41, 5.74) is 3.51. The lowest BCUT2D eigenvalue weighted by atomic mass is 9.96. The van der Waals surface area contributed by atoms with E-state index in [0.717, 1.165) is 40.7 Å². The molecule has 6 heteroatoms. The third kappa shape index (κ3) is 5.04. The molecule has 1 heterocycles. The van der Waals surface area contributed by atoms with E-state index >= 15 is 0 Å². The summed E-state index contributed by atoms with van der Waals surface area (Å²) in [6.45, 7) is 6.27. The first kappa shape index (κ1) is 20.4. The van der Waals surface area contributed by atoms with Gasteiger partial charge in [-0.15, -0.1) is 0 Å². The Bertz CT molecular complexity index is 681. The molecule has 1 aliphatic rings. The van der Waals surface area contributed by atoms with Gasteiger partial charge in [0.2, 0.25) is 0 Å². The molecule has 1 aliphatic heterocycles. The maximum Gasteiger partial charge on any atom is 0.338 e. The quantitative estimate of drug-likeness (QED) is 0.574. The van der Waals surface area contributed by atoms with Crippen LogP contribution in [0.15, 0.2) is 40.5 Å². The standard InChI is InChI=1S/C20H29N3O2S/c1-6-8-13-26-20-21-14(3)17(19(24)25-7-2)18(22-20)15-9-11-16(12-10-15)23(4)5/h9-12,18H,6-8,13H2,1-5H3,(H,21,22)/t18-/m1/s1. The number of nitrogens with one attached hydrogen (secondary N) is 1. The molecule has 0 aromatic heterocycles. The van der Waals surface area contributed by atoms with Crippen LogP contribution in [-0.2, 0) is 9.53 Å². The number of allylic oxidation sites excluding steroid dienone is 1. The molecule has 142 valence electrons. The summed E-state index contributed by atoms with van der Waals surface area (Å²) in [6, 6.07) is 7.84. The second-order valence-corrected chi connectivity index (χ2v) is 7.49. The molecule has 5 nitrogen and oxygen atoms in total. The highest BCUT2D eigenvalue weighted by molar-refractivity contribution is 8.13. The summed E-state index contributed by atoms with van der Waals surface area (Å²) in [4.78, 5) is 19.4. The van der Waals surface area contributed by atoms with Crippen LogP contribution >= 0.6 is 11.8 Å². The second-order valence-electron chi connectivity index (χ2n) is 6.41. The number of esters is 1. The van der Waals surface area contributed by atoms with Crippen molar-refractivity contribution in [1.29, 1.82) is 0 Å². The molecular formula is C20H29N3O2S. The SMILES string of the molecule is CCCCSC1=N[C@H](c2ccc(N(C)C)cc2)C(C(=O)OCC)=C(C)N1. The fourth-order valence-corrected chi connectivity index (χ4v) is 3.73. The molecular weight excluding hydrogens is 346 g/mol. The Morgan fingerprint density at radius 1 is 1.27 bits per heavy atom. The molecule has 0 bridgehead atoms. The van der Waals surface area contributed by atoms with Crippen molar-refractivity contribution >= 4 is 28.6 Å². The lowest BCUT2D eigenvalue weighted by molar-refractivity contribution is -0.138. The number of thioether (sulfide) groups is 1. The van der Waals surface area contributed by atoms with Crippen LogP contribution in [0.2, 0.25) is 0 Å². The Kier molecular flexibility index (Phi) is 7.57. The van der Waals surface area contributed by atoms with Gasteiger partial charge in [0.1, 0.15) is 6.04 Å². The molecule has 1 N–H and O–H groups in total. The van der Waals surface area contributed by atoms with Gasteiger partial charge in [0.15, 0.2) is 5.17 Å². The zero-order chi connectivity index (χ0) is 19.1. The van der Waals surface area contributed by atoms with Crippen LogP contribution < -0.4 is 10.2 Å². The van der Waals surface area contributed by atoms with Crippen LogP contribution in [-0.4, -0.2) is 37.6 Å². The summed E-state index contributed by atoms with van der Waals surface area (Å²) in [5, 5.41) is 4.14. The van der Waals surface area contributed by atoms with E-state index in [9.17, 15) is 4.79 Å².